The number of nitrogens with one attached hydrogen (secondary N) is 1. The average Bonchev–Trinajstić information content (AvgIpc) is 2.81. The van der Waals surface area contributed by atoms with Gasteiger partial charge >= 0.3 is 0 Å². The normalized spacial score (nSPS) is 20.5. The third-order valence-electron chi connectivity index (χ3n) is 3.18. The van der Waals surface area contributed by atoms with Gasteiger partial charge in [0.1, 0.15) is 5.75 Å². The van der Waals surface area contributed by atoms with Crippen molar-refractivity contribution in [2.24, 2.45) is 11.0 Å². The number of hydrazone groups is 1. The maximum atomic E-state index is 11.8. The van der Waals surface area contributed by atoms with Crippen molar-refractivity contribution in [3.63, 3.8) is 0 Å². The first-order valence-electron chi connectivity index (χ1n) is 6.76. The molecule has 0 aromatic heterocycles. The van der Waals surface area contributed by atoms with Crippen molar-refractivity contribution < 1.29 is 17.9 Å². The zero-order valence-electron chi connectivity index (χ0n) is 11.8. The van der Waals surface area contributed by atoms with Crippen LogP contribution >= 0.6 is 0 Å². The summed E-state index contributed by atoms with van der Waals surface area (Å²) in [5, 5.41) is 3.85. The Balaban J connectivity index is 1.86. The predicted octanol–water partition coefficient (Wildman–Crippen LogP) is 0.970. The lowest BCUT2D eigenvalue weighted by atomic mass is 10.1. The van der Waals surface area contributed by atoms with E-state index in [4.69, 9.17) is 4.74 Å². The highest BCUT2D eigenvalue weighted by atomic mass is 32.2. The number of ether oxygens (including phenoxy) is 1. The van der Waals surface area contributed by atoms with Gasteiger partial charge in [0.05, 0.1) is 30.2 Å². The summed E-state index contributed by atoms with van der Waals surface area (Å²) in [5.41, 5.74) is 3.20. The van der Waals surface area contributed by atoms with E-state index in [0.717, 1.165) is 11.3 Å². The minimum atomic E-state index is -3.05. The van der Waals surface area contributed by atoms with Gasteiger partial charge in [0.15, 0.2) is 9.84 Å². The van der Waals surface area contributed by atoms with Gasteiger partial charge in [0.2, 0.25) is 5.91 Å². The van der Waals surface area contributed by atoms with Crippen molar-refractivity contribution in [1.29, 1.82) is 0 Å². The number of nitrogens with zero attached hydrogens (tertiary/aromatic N) is 1. The second kappa shape index (κ2) is 6.71. The maximum Gasteiger partial charge on any atom is 0.244 e. The number of hydrogen-bond donors (Lipinski definition) is 1. The molecule has 21 heavy (non-hydrogen) atoms. The molecule has 1 atom stereocenters. The van der Waals surface area contributed by atoms with Crippen LogP contribution in [0, 0.1) is 5.92 Å². The average molecular weight is 310 g/mol. The number of hydrogen-bond acceptors (Lipinski definition) is 5. The molecule has 0 spiro atoms. The van der Waals surface area contributed by atoms with Crippen molar-refractivity contribution in [2.75, 3.05) is 18.1 Å². The Morgan fingerprint density at radius 2 is 2.14 bits per heavy atom. The van der Waals surface area contributed by atoms with Crippen LogP contribution in [0.15, 0.2) is 29.4 Å². The Hall–Kier alpha value is -1.89. The van der Waals surface area contributed by atoms with Crippen LogP contribution in [0.5, 0.6) is 5.75 Å². The van der Waals surface area contributed by atoms with Gasteiger partial charge in [-0.25, -0.2) is 13.8 Å². The lowest BCUT2D eigenvalue weighted by Gasteiger charge is -2.05. The first kappa shape index (κ1) is 15.5. The van der Waals surface area contributed by atoms with Gasteiger partial charge in [0.25, 0.3) is 0 Å². The summed E-state index contributed by atoms with van der Waals surface area (Å²) in [7, 11) is -3.05. The van der Waals surface area contributed by atoms with Crippen LogP contribution in [0.2, 0.25) is 0 Å². The minimum Gasteiger partial charge on any atom is -0.494 e. The van der Waals surface area contributed by atoms with Gasteiger partial charge in [-0.2, -0.15) is 5.10 Å². The monoisotopic (exact) mass is 310 g/mol. The summed E-state index contributed by atoms with van der Waals surface area (Å²) in [5.74, 6) is -0.0777. The van der Waals surface area contributed by atoms with E-state index in [1.807, 2.05) is 31.2 Å². The maximum absolute atomic E-state index is 11.8. The Labute approximate surface area is 124 Å². The predicted molar refractivity (Wildman–Crippen MR) is 80.1 cm³/mol. The Morgan fingerprint density at radius 3 is 2.71 bits per heavy atom. The Bertz CT molecular complexity index is 623. The van der Waals surface area contributed by atoms with Crippen molar-refractivity contribution in [1.82, 2.24) is 5.43 Å². The number of amides is 1. The number of carbonyl (C=O) groups excluding carboxylic acids is 1. The molecule has 1 aliphatic heterocycles. The van der Waals surface area contributed by atoms with Gasteiger partial charge in [-0.05, 0) is 43.2 Å². The van der Waals surface area contributed by atoms with Crippen molar-refractivity contribution >= 4 is 22.0 Å². The van der Waals surface area contributed by atoms with Gasteiger partial charge in [0, 0.05) is 0 Å². The van der Waals surface area contributed by atoms with Gasteiger partial charge in [-0.15, -0.1) is 0 Å². The van der Waals surface area contributed by atoms with E-state index in [9.17, 15) is 13.2 Å². The number of benzene rings is 1. The Morgan fingerprint density at radius 1 is 1.43 bits per heavy atom. The molecule has 1 fully saturated rings. The second-order valence-electron chi connectivity index (χ2n) is 4.84. The second-order valence-corrected chi connectivity index (χ2v) is 7.06. The van der Waals surface area contributed by atoms with Gasteiger partial charge in [-0.3, -0.25) is 4.79 Å². The number of carbonyl (C=O) groups is 1. The summed E-state index contributed by atoms with van der Waals surface area (Å²) in [6.07, 6.45) is 1.88. The molecule has 1 saturated heterocycles. The fourth-order valence-electron chi connectivity index (χ4n) is 2.08. The lowest BCUT2D eigenvalue weighted by molar-refractivity contribution is -0.124. The fourth-order valence-corrected chi connectivity index (χ4v) is 3.82. The summed E-state index contributed by atoms with van der Waals surface area (Å²) in [6.45, 7) is 2.52. The molecule has 0 bridgehead atoms. The van der Waals surface area contributed by atoms with Crippen LogP contribution < -0.4 is 10.2 Å². The molecule has 0 aliphatic carbocycles. The van der Waals surface area contributed by atoms with E-state index in [1.165, 1.54) is 6.21 Å². The zero-order chi connectivity index (χ0) is 15.3. The van der Waals surface area contributed by atoms with E-state index in [0.29, 0.717) is 13.0 Å². The zero-order valence-corrected chi connectivity index (χ0v) is 12.6. The molecular formula is C14H18N2O4S. The number of rotatable bonds is 5. The fraction of sp³-hybridized carbons (Fsp3) is 0.429. The molecule has 7 heteroatoms. The van der Waals surface area contributed by atoms with E-state index < -0.39 is 15.8 Å². The molecule has 1 N–H and O–H groups in total. The smallest absolute Gasteiger partial charge is 0.244 e. The van der Waals surface area contributed by atoms with Gasteiger partial charge < -0.3 is 4.74 Å². The van der Waals surface area contributed by atoms with Crippen LogP contribution in [0.1, 0.15) is 18.9 Å². The summed E-state index contributed by atoms with van der Waals surface area (Å²) >= 11 is 0. The highest BCUT2D eigenvalue weighted by molar-refractivity contribution is 7.91. The topological polar surface area (TPSA) is 84.8 Å². The molecule has 114 valence electrons. The van der Waals surface area contributed by atoms with E-state index in [2.05, 4.69) is 10.5 Å². The Kier molecular flexibility index (Phi) is 4.95. The molecule has 1 amide bonds. The largest absolute Gasteiger partial charge is 0.494 e. The lowest BCUT2D eigenvalue weighted by Crippen LogP contribution is -2.27. The first-order valence-corrected chi connectivity index (χ1v) is 8.58. The number of sulfone groups is 1. The third kappa shape index (κ3) is 4.56. The van der Waals surface area contributed by atoms with E-state index in [-0.39, 0.29) is 17.4 Å². The van der Waals surface area contributed by atoms with Crippen LogP contribution in [-0.2, 0) is 14.6 Å². The SMILES string of the molecule is CCOc1ccc(/C=N\NC(=O)[C@@H]2CCS(=O)(=O)C2)cc1. The highest BCUT2D eigenvalue weighted by Crippen LogP contribution is 2.18. The molecular weight excluding hydrogens is 292 g/mol. The molecule has 0 unspecified atom stereocenters. The first-order chi connectivity index (χ1) is 10.00. The van der Waals surface area contributed by atoms with Crippen molar-refractivity contribution in [3.8, 4) is 5.75 Å². The van der Waals surface area contributed by atoms with E-state index >= 15 is 0 Å². The molecule has 2 rings (SSSR count). The highest BCUT2D eigenvalue weighted by Gasteiger charge is 2.32. The van der Waals surface area contributed by atoms with Crippen LogP contribution in [0.4, 0.5) is 0 Å². The summed E-state index contributed by atoms with van der Waals surface area (Å²) in [6, 6.07) is 7.27. The molecule has 6 nitrogen and oxygen atoms in total. The van der Waals surface area contributed by atoms with Crippen molar-refractivity contribution in [3.05, 3.63) is 29.8 Å². The van der Waals surface area contributed by atoms with Crippen molar-refractivity contribution in [2.45, 2.75) is 13.3 Å². The molecule has 0 saturated carbocycles. The molecule has 1 aromatic carbocycles. The van der Waals surface area contributed by atoms with Gasteiger partial charge in [-0.1, -0.05) is 0 Å². The molecule has 1 heterocycles. The standard InChI is InChI=1S/C14H18N2O4S/c1-2-20-13-5-3-11(4-6-13)9-15-16-14(17)12-7-8-21(18,19)10-12/h3-6,9,12H,2,7-8,10H2,1H3,(H,16,17)/b15-9-/t12-/m1/s1. The minimum absolute atomic E-state index is 0.0771. The molecule has 1 aliphatic rings. The quantitative estimate of drug-likeness (QED) is 0.649. The summed E-state index contributed by atoms with van der Waals surface area (Å²) in [4.78, 5) is 11.8. The third-order valence-corrected chi connectivity index (χ3v) is 4.95. The van der Waals surface area contributed by atoms with Crippen LogP contribution in [-0.4, -0.2) is 38.7 Å². The van der Waals surface area contributed by atoms with E-state index in [1.54, 1.807) is 0 Å². The summed E-state index contributed by atoms with van der Waals surface area (Å²) < 4.78 is 27.9. The van der Waals surface area contributed by atoms with Crippen LogP contribution in [0.3, 0.4) is 0 Å². The molecule has 1 aromatic rings. The van der Waals surface area contributed by atoms with Crippen LogP contribution in [0.25, 0.3) is 0 Å². The molecule has 0 radical (unpaired) electrons.